The molecule has 2 amide bonds. The molecule has 1 aromatic rings. The highest BCUT2D eigenvalue weighted by molar-refractivity contribution is 5.96. The van der Waals surface area contributed by atoms with Crippen molar-refractivity contribution in [2.75, 3.05) is 6.54 Å². The van der Waals surface area contributed by atoms with Crippen LogP contribution in [0.2, 0.25) is 0 Å². The smallest absolute Gasteiger partial charge is 0.352 e. The fourth-order valence-corrected chi connectivity index (χ4v) is 1.52. The van der Waals surface area contributed by atoms with Crippen molar-refractivity contribution in [3.63, 3.8) is 0 Å². The van der Waals surface area contributed by atoms with Crippen molar-refractivity contribution in [2.45, 2.75) is 26.1 Å². The first-order chi connectivity index (χ1) is 9.61. The quantitative estimate of drug-likeness (QED) is 0.837. The number of hydrogen-bond acceptors (Lipinski definition) is 2. The number of rotatable bonds is 4. The van der Waals surface area contributed by atoms with Crippen LogP contribution in [0.25, 0.3) is 0 Å². The first-order valence-electron chi connectivity index (χ1n) is 6.05. The topological polar surface area (TPSA) is 58.2 Å². The maximum atomic E-state index is 13.1. The van der Waals surface area contributed by atoms with Gasteiger partial charge in [0, 0.05) is 11.6 Å². The van der Waals surface area contributed by atoms with E-state index < -0.39 is 29.4 Å². The minimum absolute atomic E-state index is 0.128. The summed E-state index contributed by atoms with van der Waals surface area (Å²) in [5.41, 5.74) is -1.90. The van der Waals surface area contributed by atoms with Crippen LogP contribution in [0.15, 0.2) is 18.2 Å². The van der Waals surface area contributed by atoms with E-state index >= 15 is 0 Å². The van der Waals surface area contributed by atoms with Gasteiger partial charge in [0.1, 0.15) is 5.82 Å². The molecule has 0 atom stereocenters. The first kappa shape index (κ1) is 16.9. The number of hydrogen-bond donors (Lipinski definition) is 2. The van der Waals surface area contributed by atoms with Crippen LogP contribution in [0.5, 0.6) is 0 Å². The molecule has 0 fully saturated rings. The fraction of sp³-hybridized carbons (Fsp3) is 0.385. The third-order valence-electron chi connectivity index (χ3n) is 2.39. The highest BCUT2D eigenvalue weighted by Gasteiger charge is 2.34. The number of amides is 2. The molecule has 4 nitrogen and oxygen atoms in total. The lowest BCUT2D eigenvalue weighted by Gasteiger charge is -2.11. The lowest BCUT2D eigenvalue weighted by molar-refractivity contribution is -0.140. The summed E-state index contributed by atoms with van der Waals surface area (Å²) in [5.74, 6) is -2.83. The molecule has 0 heterocycles. The molecule has 0 aliphatic carbocycles. The Morgan fingerprint density at radius 2 is 1.86 bits per heavy atom. The summed E-state index contributed by atoms with van der Waals surface area (Å²) in [4.78, 5) is 22.9. The average molecular weight is 306 g/mol. The molecule has 116 valence electrons. The minimum atomic E-state index is -4.89. The Morgan fingerprint density at radius 1 is 1.24 bits per heavy atom. The lowest BCUT2D eigenvalue weighted by Crippen LogP contribution is -2.39. The summed E-state index contributed by atoms with van der Waals surface area (Å²) in [6, 6.07) is 1.76. The Morgan fingerprint density at radius 3 is 2.38 bits per heavy atom. The van der Waals surface area contributed by atoms with Gasteiger partial charge in [-0.2, -0.15) is 13.2 Å². The Labute approximate surface area is 118 Å². The molecule has 0 saturated carbocycles. The molecule has 8 heteroatoms. The molecule has 0 unspecified atom stereocenters. The van der Waals surface area contributed by atoms with Gasteiger partial charge in [0.2, 0.25) is 5.91 Å². The SMILES string of the molecule is CC(C)NC(=O)CNC(=O)c1ccc(F)c(C(F)(F)F)c1. The van der Waals surface area contributed by atoms with E-state index in [4.69, 9.17) is 0 Å². The van der Waals surface area contributed by atoms with Crippen molar-refractivity contribution in [3.8, 4) is 0 Å². The number of carbonyl (C=O) groups excluding carboxylic acids is 2. The molecular formula is C13H14F4N2O2. The third-order valence-corrected chi connectivity index (χ3v) is 2.39. The van der Waals surface area contributed by atoms with Crippen molar-refractivity contribution >= 4 is 11.8 Å². The number of alkyl halides is 3. The zero-order valence-electron chi connectivity index (χ0n) is 11.3. The van der Waals surface area contributed by atoms with Gasteiger partial charge < -0.3 is 10.6 Å². The van der Waals surface area contributed by atoms with E-state index in [1.54, 1.807) is 13.8 Å². The van der Waals surface area contributed by atoms with Crippen LogP contribution in [0, 0.1) is 5.82 Å². The Hall–Kier alpha value is -2.12. The Bertz CT molecular complexity index is 541. The Balaban J connectivity index is 2.78. The van der Waals surface area contributed by atoms with Crippen LogP contribution in [-0.4, -0.2) is 24.4 Å². The van der Waals surface area contributed by atoms with Gasteiger partial charge in [-0.1, -0.05) is 0 Å². The van der Waals surface area contributed by atoms with Gasteiger partial charge in [0.25, 0.3) is 5.91 Å². The van der Waals surface area contributed by atoms with E-state index in [9.17, 15) is 27.2 Å². The van der Waals surface area contributed by atoms with Crippen LogP contribution in [0.1, 0.15) is 29.8 Å². The number of nitrogens with one attached hydrogen (secondary N) is 2. The molecule has 0 aromatic heterocycles. The fourth-order valence-electron chi connectivity index (χ4n) is 1.52. The molecular weight excluding hydrogens is 292 g/mol. The van der Waals surface area contributed by atoms with Gasteiger partial charge in [-0.25, -0.2) is 4.39 Å². The highest BCUT2D eigenvalue weighted by atomic mass is 19.4. The van der Waals surface area contributed by atoms with Crippen LogP contribution in [0.3, 0.4) is 0 Å². The van der Waals surface area contributed by atoms with E-state index in [1.807, 2.05) is 0 Å². The standard InChI is InChI=1S/C13H14F4N2O2/c1-7(2)19-11(20)6-18-12(21)8-3-4-10(14)9(5-8)13(15,16)17/h3-5,7H,6H2,1-2H3,(H,18,21)(H,19,20). The largest absolute Gasteiger partial charge is 0.419 e. The molecule has 0 bridgehead atoms. The molecule has 1 rings (SSSR count). The maximum absolute atomic E-state index is 13.1. The molecule has 1 aromatic carbocycles. The zero-order valence-corrected chi connectivity index (χ0v) is 11.3. The third kappa shape index (κ3) is 5.05. The summed E-state index contributed by atoms with van der Waals surface area (Å²) in [5, 5.41) is 4.66. The summed E-state index contributed by atoms with van der Waals surface area (Å²) in [7, 11) is 0. The van der Waals surface area contributed by atoms with Crippen LogP contribution < -0.4 is 10.6 Å². The number of halogens is 4. The molecule has 0 spiro atoms. The Kier molecular flexibility index (Phi) is 5.28. The molecule has 0 aliphatic rings. The van der Waals surface area contributed by atoms with E-state index in [0.29, 0.717) is 12.1 Å². The van der Waals surface area contributed by atoms with Crippen LogP contribution in [0.4, 0.5) is 17.6 Å². The van der Waals surface area contributed by atoms with Crippen molar-refractivity contribution in [1.82, 2.24) is 10.6 Å². The van der Waals surface area contributed by atoms with Gasteiger partial charge in [-0.15, -0.1) is 0 Å². The van der Waals surface area contributed by atoms with Crippen molar-refractivity contribution in [3.05, 3.63) is 35.1 Å². The second-order valence-corrected chi connectivity index (χ2v) is 4.60. The summed E-state index contributed by atoms with van der Waals surface area (Å²) in [6.45, 7) is 3.06. The summed E-state index contributed by atoms with van der Waals surface area (Å²) >= 11 is 0. The molecule has 0 saturated heterocycles. The summed E-state index contributed by atoms with van der Waals surface area (Å²) < 4.78 is 50.6. The minimum Gasteiger partial charge on any atom is -0.352 e. The monoisotopic (exact) mass is 306 g/mol. The van der Waals surface area contributed by atoms with E-state index in [-0.39, 0.29) is 18.2 Å². The predicted molar refractivity (Wildman–Crippen MR) is 67.0 cm³/mol. The second kappa shape index (κ2) is 6.55. The van der Waals surface area contributed by atoms with Gasteiger partial charge in [-0.3, -0.25) is 9.59 Å². The number of carbonyl (C=O) groups is 2. The highest BCUT2D eigenvalue weighted by Crippen LogP contribution is 2.31. The van der Waals surface area contributed by atoms with Gasteiger partial charge in [0.05, 0.1) is 12.1 Å². The predicted octanol–water partition coefficient (Wildman–Crippen LogP) is 2.10. The van der Waals surface area contributed by atoms with E-state index in [2.05, 4.69) is 10.6 Å². The molecule has 2 N–H and O–H groups in total. The van der Waals surface area contributed by atoms with Crippen molar-refractivity contribution in [2.24, 2.45) is 0 Å². The molecule has 21 heavy (non-hydrogen) atoms. The zero-order chi connectivity index (χ0) is 16.2. The van der Waals surface area contributed by atoms with Crippen LogP contribution in [-0.2, 0) is 11.0 Å². The van der Waals surface area contributed by atoms with E-state index in [0.717, 1.165) is 6.07 Å². The normalized spacial score (nSPS) is 11.4. The number of benzene rings is 1. The molecule has 0 radical (unpaired) electrons. The summed E-state index contributed by atoms with van der Waals surface area (Å²) in [6.07, 6.45) is -4.89. The van der Waals surface area contributed by atoms with E-state index in [1.165, 1.54) is 0 Å². The van der Waals surface area contributed by atoms with Crippen molar-refractivity contribution < 1.29 is 27.2 Å². The average Bonchev–Trinajstić information content (AvgIpc) is 2.34. The maximum Gasteiger partial charge on any atom is 0.419 e. The van der Waals surface area contributed by atoms with Gasteiger partial charge in [0.15, 0.2) is 0 Å². The second-order valence-electron chi connectivity index (χ2n) is 4.60. The van der Waals surface area contributed by atoms with Gasteiger partial charge >= 0.3 is 6.18 Å². The molecule has 0 aliphatic heterocycles. The first-order valence-corrected chi connectivity index (χ1v) is 6.05. The van der Waals surface area contributed by atoms with Gasteiger partial charge in [-0.05, 0) is 32.0 Å². The lowest BCUT2D eigenvalue weighted by atomic mass is 10.1. The van der Waals surface area contributed by atoms with Crippen LogP contribution >= 0.6 is 0 Å². The van der Waals surface area contributed by atoms with Crippen molar-refractivity contribution in [1.29, 1.82) is 0 Å².